The van der Waals surface area contributed by atoms with Crippen molar-refractivity contribution >= 4 is 27.4 Å². The van der Waals surface area contributed by atoms with Crippen LogP contribution in [0.3, 0.4) is 0 Å². The van der Waals surface area contributed by atoms with Crippen LogP contribution in [0.5, 0.6) is 0 Å². The molecule has 1 fully saturated rings. The molecular formula is C15H19N3S. The molecule has 0 bridgehead atoms. The zero-order chi connectivity index (χ0) is 12.7. The summed E-state index contributed by atoms with van der Waals surface area (Å²) < 4.78 is 0. The van der Waals surface area contributed by atoms with Gasteiger partial charge in [0, 0.05) is 10.9 Å². The maximum Gasteiger partial charge on any atom is 0.138 e. The number of rotatable bonds is 2. The summed E-state index contributed by atoms with van der Waals surface area (Å²) in [5.74, 6) is 1.09. The number of thiophene rings is 1. The van der Waals surface area contributed by atoms with E-state index < -0.39 is 0 Å². The number of aryl methyl sites for hydroxylation is 2. The highest BCUT2D eigenvalue weighted by molar-refractivity contribution is 7.18. The maximum atomic E-state index is 4.52. The Morgan fingerprint density at radius 3 is 2.79 bits per heavy atom. The minimum atomic E-state index is 0.638. The number of aromatic nitrogens is 2. The lowest BCUT2D eigenvalue weighted by Crippen LogP contribution is -2.27. The van der Waals surface area contributed by atoms with E-state index in [1.807, 2.05) is 11.3 Å². The topological polar surface area (TPSA) is 37.8 Å². The second kappa shape index (κ2) is 4.75. The largest absolute Gasteiger partial charge is 0.367 e. The second-order valence-corrected chi connectivity index (χ2v) is 6.82. The highest BCUT2D eigenvalue weighted by Gasteiger charge is 2.22. The van der Waals surface area contributed by atoms with E-state index in [4.69, 9.17) is 0 Å². The summed E-state index contributed by atoms with van der Waals surface area (Å²) in [4.78, 5) is 11.8. The molecule has 2 heterocycles. The van der Waals surface area contributed by atoms with E-state index >= 15 is 0 Å². The standard InChI is InChI=1S/C15H19N3S/c1-2-7-11-12(8-3-1)19-15-13(11)14(16-9-17-15)18-10-5-4-6-10/h9-10H,1-8H2,(H,16,17,18). The quantitative estimate of drug-likeness (QED) is 0.843. The van der Waals surface area contributed by atoms with Crippen molar-refractivity contribution in [2.75, 3.05) is 5.32 Å². The van der Waals surface area contributed by atoms with Gasteiger partial charge in [0.05, 0.1) is 5.39 Å². The van der Waals surface area contributed by atoms with Crippen LogP contribution in [0, 0.1) is 0 Å². The zero-order valence-corrected chi connectivity index (χ0v) is 11.9. The maximum absolute atomic E-state index is 4.52. The number of hydrogen-bond donors (Lipinski definition) is 1. The van der Waals surface area contributed by atoms with E-state index in [1.54, 1.807) is 16.8 Å². The van der Waals surface area contributed by atoms with Gasteiger partial charge < -0.3 is 5.32 Å². The van der Waals surface area contributed by atoms with Gasteiger partial charge in [-0.05, 0) is 50.5 Å². The molecule has 0 spiro atoms. The molecule has 0 atom stereocenters. The summed E-state index contributed by atoms with van der Waals surface area (Å²) in [5, 5.41) is 4.96. The first-order valence-electron chi connectivity index (χ1n) is 7.43. The number of anilines is 1. The highest BCUT2D eigenvalue weighted by atomic mass is 32.1. The number of nitrogens with zero attached hydrogens (tertiary/aromatic N) is 2. The fraction of sp³-hybridized carbons (Fsp3) is 0.600. The van der Waals surface area contributed by atoms with E-state index in [2.05, 4.69) is 15.3 Å². The highest BCUT2D eigenvalue weighted by Crippen LogP contribution is 2.38. The molecule has 2 aliphatic carbocycles. The molecule has 2 aromatic rings. The Balaban J connectivity index is 1.81. The molecule has 0 aliphatic heterocycles. The third-order valence-corrected chi connectivity index (χ3v) is 5.65. The lowest BCUT2D eigenvalue weighted by molar-refractivity contribution is 0.445. The average molecular weight is 273 g/mol. The van der Waals surface area contributed by atoms with Gasteiger partial charge >= 0.3 is 0 Å². The molecule has 0 saturated heterocycles. The molecule has 19 heavy (non-hydrogen) atoms. The van der Waals surface area contributed by atoms with E-state index in [-0.39, 0.29) is 0 Å². The normalized spacial score (nSPS) is 19.8. The smallest absolute Gasteiger partial charge is 0.138 e. The van der Waals surface area contributed by atoms with Crippen molar-refractivity contribution < 1.29 is 0 Å². The van der Waals surface area contributed by atoms with Crippen molar-refractivity contribution in [3.63, 3.8) is 0 Å². The Bertz CT molecular complexity index is 601. The molecule has 1 saturated carbocycles. The molecular weight excluding hydrogens is 254 g/mol. The summed E-state index contributed by atoms with van der Waals surface area (Å²) in [5.41, 5.74) is 1.54. The molecule has 2 aromatic heterocycles. The molecule has 3 nitrogen and oxygen atoms in total. The summed E-state index contributed by atoms with van der Waals surface area (Å²) in [6.45, 7) is 0. The molecule has 0 radical (unpaired) electrons. The molecule has 0 aromatic carbocycles. The lowest BCUT2D eigenvalue weighted by atomic mass is 9.93. The van der Waals surface area contributed by atoms with Crippen molar-refractivity contribution in [3.05, 3.63) is 16.8 Å². The Morgan fingerprint density at radius 1 is 1.05 bits per heavy atom. The van der Waals surface area contributed by atoms with Crippen molar-refractivity contribution in [2.45, 2.75) is 57.4 Å². The van der Waals surface area contributed by atoms with Gasteiger partial charge in [-0.1, -0.05) is 6.42 Å². The monoisotopic (exact) mass is 273 g/mol. The summed E-state index contributed by atoms with van der Waals surface area (Å²) in [6, 6.07) is 0.638. The Hall–Kier alpha value is -1.16. The van der Waals surface area contributed by atoms with Crippen molar-refractivity contribution in [1.82, 2.24) is 9.97 Å². The predicted molar refractivity (Wildman–Crippen MR) is 79.9 cm³/mol. The first kappa shape index (κ1) is 11.6. The van der Waals surface area contributed by atoms with Crippen LogP contribution >= 0.6 is 11.3 Å². The zero-order valence-electron chi connectivity index (χ0n) is 11.1. The third-order valence-electron chi connectivity index (χ3n) is 4.45. The third kappa shape index (κ3) is 2.02. The average Bonchev–Trinajstić information content (AvgIpc) is 2.57. The van der Waals surface area contributed by atoms with Gasteiger partial charge in [-0.3, -0.25) is 0 Å². The van der Waals surface area contributed by atoms with E-state index in [0.717, 1.165) is 5.82 Å². The van der Waals surface area contributed by atoms with Crippen LogP contribution in [0.4, 0.5) is 5.82 Å². The first-order chi connectivity index (χ1) is 9.42. The summed E-state index contributed by atoms with van der Waals surface area (Å²) in [7, 11) is 0. The Labute approximate surface area is 117 Å². The first-order valence-corrected chi connectivity index (χ1v) is 8.25. The van der Waals surface area contributed by atoms with Crippen molar-refractivity contribution in [1.29, 1.82) is 0 Å². The van der Waals surface area contributed by atoms with Crippen molar-refractivity contribution in [2.24, 2.45) is 0 Å². The minimum absolute atomic E-state index is 0.638. The minimum Gasteiger partial charge on any atom is -0.367 e. The van der Waals surface area contributed by atoms with Gasteiger partial charge in [0.25, 0.3) is 0 Å². The van der Waals surface area contributed by atoms with Gasteiger partial charge in [0.1, 0.15) is 17.0 Å². The second-order valence-electron chi connectivity index (χ2n) is 5.74. The van der Waals surface area contributed by atoms with Crippen LogP contribution in [0.2, 0.25) is 0 Å². The summed E-state index contributed by atoms with van der Waals surface area (Å²) in [6.07, 6.45) is 12.1. The molecule has 0 unspecified atom stereocenters. The van der Waals surface area contributed by atoms with Crippen LogP contribution in [0.1, 0.15) is 49.0 Å². The van der Waals surface area contributed by atoms with E-state index in [9.17, 15) is 0 Å². The van der Waals surface area contributed by atoms with E-state index in [1.165, 1.54) is 61.6 Å². The SMILES string of the molecule is c1nc(NC2CCC2)c2c3c(sc2n1)CCCCC3. The van der Waals surface area contributed by atoms with E-state index in [0.29, 0.717) is 6.04 Å². The van der Waals surface area contributed by atoms with Crippen molar-refractivity contribution in [3.8, 4) is 0 Å². The molecule has 4 heteroatoms. The van der Waals surface area contributed by atoms with Gasteiger partial charge in [-0.25, -0.2) is 9.97 Å². The lowest BCUT2D eigenvalue weighted by Gasteiger charge is -2.27. The van der Waals surface area contributed by atoms with Gasteiger partial charge in [0.2, 0.25) is 0 Å². The van der Waals surface area contributed by atoms with Crippen LogP contribution in [0.25, 0.3) is 10.2 Å². The predicted octanol–water partition coefficient (Wildman–Crippen LogP) is 3.92. The van der Waals surface area contributed by atoms with Gasteiger partial charge in [-0.15, -0.1) is 11.3 Å². The van der Waals surface area contributed by atoms with Gasteiger partial charge in [0.15, 0.2) is 0 Å². The molecule has 0 amide bonds. The molecule has 4 rings (SSSR count). The number of hydrogen-bond acceptors (Lipinski definition) is 4. The van der Waals surface area contributed by atoms with Gasteiger partial charge in [-0.2, -0.15) is 0 Å². The fourth-order valence-electron chi connectivity index (χ4n) is 3.12. The summed E-state index contributed by atoms with van der Waals surface area (Å²) >= 11 is 1.89. The molecule has 2 aliphatic rings. The van der Waals surface area contributed by atoms with Crippen LogP contribution in [0.15, 0.2) is 6.33 Å². The Morgan fingerprint density at radius 2 is 1.95 bits per heavy atom. The molecule has 100 valence electrons. The number of fused-ring (bicyclic) bond motifs is 3. The molecule has 1 N–H and O–H groups in total. The Kier molecular flexibility index (Phi) is 2.91. The van der Waals surface area contributed by atoms with Crippen LogP contribution in [-0.2, 0) is 12.8 Å². The number of nitrogens with one attached hydrogen (secondary N) is 1. The van der Waals surface area contributed by atoms with Crippen LogP contribution in [-0.4, -0.2) is 16.0 Å². The van der Waals surface area contributed by atoms with Crippen LogP contribution < -0.4 is 5.32 Å². The fourth-order valence-corrected chi connectivity index (χ4v) is 4.35.